The number of hydrogen-bond acceptors (Lipinski definition) is 0. The van der Waals surface area contributed by atoms with Crippen LogP contribution in [0.3, 0.4) is 0 Å². The maximum atomic E-state index is 14.2. The zero-order chi connectivity index (χ0) is 19.4. The summed E-state index contributed by atoms with van der Waals surface area (Å²) in [6, 6.07) is 8.98. The van der Waals surface area contributed by atoms with Gasteiger partial charge in [0.2, 0.25) is 0 Å². The molecule has 0 N–H and O–H groups in total. The van der Waals surface area contributed by atoms with E-state index in [2.05, 4.69) is 19.1 Å². The third kappa shape index (κ3) is 4.28. The predicted octanol–water partition coefficient (Wildman–Crippen LogP) is 7.88. The topological polar surface area (TPSA) is 0 Å². The normalized spacial score (nSPS) is 20.3. The molecule has 0 nitrogen and oxygen atoms in total. The van der Waals surface area contributed by atoms with Crippen molar-refractivity contribution in [1.29, 1.82) is 0 Å². The Morgan fingerprint density at radius 1 is 0.963 bits per heavy atom. The fourth-order valence-electron chi connectivity index (χ4n) is 4.31. The molecule has 0 atom stereocenters. The SMILES string of the molecule is CC=Cc1c(-c2ccc(C3CCC(CCC)CC3)cc2)cc(F)c(F)c1F. The van der Waals surface area contributed by atoms with Gasteiger partial charge in [-0.1, -0.05) is 56.2 Å². The maximum Gasteiger partial charge on any atom is 0.195 e. The summed E-state index contributed by atoms with van der Waals surface area (Å²) in [6.07, 6.45) is 10.6. The second-order valence-corrected chi connectivity index (χ2v) is 7.58. The lowest BCUT2D eigenvalue weighted by Gasteiger charge is -2.28. The van der Waals surface area contributed by atoms with Crippen molar-refractivity contribution in [2.45, 2.75) is 58.3 Å². The first-order valence-electron chi connectivity index (χ1n) is 9.95. The molecule has 0 saturated heterocycles. The molecule has 0 amide bonds. The van der Waals surface area contributed by atoms with Crippen molar-refractivity contribution in [3.8, 4) is 11.1 Å². The Balaban J connectivity index is 1.84. The highest BCUT2D eigenvalue weighted by Crippen LogP contribution is 2.38. The average molecular weight is 372 g/mol. The van der Waals surface area contributed by atoms with Gasteiger partial charge in [-0.2, -0.15) is 0 Å². The van der Waals surface area contributed by atoms with Crippen LogP contribution in [-0.2, 0) is 0 Å². The molecule has 1 aliphatic carbocycles. The Labute approximate surface area is 160 Å². The van der Waals surface area contributed by atoms with Crippen LogP contribution in [0.15, 0.2) is 36.4 Å². The Bertz CT molecular complexity index is 797. The van der Waals surface area contributed by atoms with Gasteiger partial charge >= 0.3 is 0 Å². The molecular formula is C24H27F3. The summed E-state index contributed by atoms with van der Waals surface area (Å²) in [6.45, 7) is 3.97. The first-order chi connectivity index (χ1) is 13.0. The summed E-state index contributed by atoms with van der Waals surface area (Å²) in [5, 5.41) is 0. The fraction of sp³-hybridized carbons (Fsp3) is 0.417. The lowest BCUT2D eigenvalue weighted by atomic mass is 9.77. The molecule has 3 rings (SSSR count). The molecule has 2 aromatic carbocycles. The molecule has 27 heavy (non-hydrogen) atoms. The van der Waals surface area contributed by atoms with Gasteiger partial charge in [-0.25, -0.2) is 13.2 Å². The predicted molar refractivity (Wildman–Crippen MR) is 106 cm³/mol. The van der Waals surface area contributed by atoms with Crippen LogP contribution in [0, 0.1) is 23.4 Å². The van der Waals surface area contributed by atoms with E-state index in [4.69, 9.17) is 0 Å². The quantitative estimate of drug-likeness (QED) is 0.468. The lowest BCUT2D eigenvalue weighted by Crippen LogP contribution is -2.13. The van der Waals surface area contributed by atoms with Gasteiger partial charge in [0.25, 0.3) is 0 Å². The average Bonchev–Trinajstić information content (AvgIpc) is 2.69. The van der Waals surface area contributed by atoms with Crippen molar-refractivity contribution in [2.75, 3.05) is 0 Å². The van der Waals surface area contributed by atoms with Crippen LogP contribution in [0.25, 0.3) is 17.2 Å². The Morgan fingerprint density at radius 3 is 2.22 bits per heavy atom. The second kappa shape index (κ2) is 8.77. The Morgan fingerprint density at radius 2 is 1.63 bits per heavy atom. The standard InChI is InChI=1S/C24H27F3/c1-3-5-16-7-9-17(10-8-16)18-11-13-19(14-12-18)21-15-22(25)24(27)23(26)20(21)6-4-2/h4,6,11-17H,3,5,7-10H2,1-2H3. The fourth-order valence-corrected chi connectivity index (χ4v) is 4.31. The van der Waals surface area contributed by atoms with E-state index in [9.17, 15) is 13.2 Å². The smallest absolute Gasteiger partial charge is 0.195 e. The Hall–Kier alpha value is -2.03. The van der Waals surface area contributed by atoms with Gasteiger partial charge in [0.15, 0.2) is 17.5 Å². The van der Waals surface area contributed by atoms with Crippen LogP contribution in [0.2, 0.25) is 0 Å². The molecule has 3 heteroatoms. The highest BCUT2D eigenvalue weighted by Gasteiger charge is 2.22. The van der Waals surface area contributed by atoms with Crippen molar-refractivity contribution < 1.29 is 13.2 Å². The van der Waals surface area contributed by atoms with Crippen LogP contribution in [0.1, 0.15) is 69.4 Å². The molecule has 2 aromatic rings. The monoisotopic (exact) mass is 372 g/mol. The van der Waals surface area contributed by atoms with Gasteiger partial charge in [0, 0.05) is 5.56 Å². The minimum absolute atomic E-state index is 0.0872. The summed E-state index contributed by atoms with van der Waals surface area (Å²) >= 11 is 0. The molecule has 144 valence electrons. The molecule has 0 heterocycles. The van der Waals surface area contributed by atoms with E-state index in [0.717, 1.165) is 12.0 Å². The molecule has 0 unspecified atom stereocenters. The van der Waals surface area contributed by atoms with E-state index in [0.29, 0.717) is 17.0 Å². The zero-order valence-corrected chi connectivity index (χ0v) is 16.1. The first kappa shape index (κ1) is 19.7. The molecule has 1 aliphatic rings. The van der Waals surface area contributed by atoms with Gasteiger partial charge in [0.1, 0.15) is 0 Å². The molecule has 0 bridgehead atoms. The summed E-state index contributed by atoms with van der Waals surface area (Å²) in [5.74, 6) is -2.30. The van der Waals surface area contributed by atoms with Gasteiger partial charge in [-0.15, -0.1) is 0 Å². The minimum Gasteiger partial charge on any atom is -0.204 e. The van der Waals surface area contributed by atoms with Crippen LogP contribution in [-0.4, -0.2) is 0 Å². The molecule has 1 fully saturated rings. The van der Waals surface area contributed by atoms with Gasteiger partial charge in [-0.05, 0) is 67.2 Å². The Kier molecular flexibility index (Phi) is 6.41. The number of hydrogen-bond donors (Lipinski definition) is 0. The van der Waals surface area contributed by atoms with E-state index in [1.807, 2.05) is 12.1 Å². The van der Waals surface area contributed by atoms with Gasteiger partial charge < -0.3 is 0 Å². The van der Waals surface area contributed by atoms with Crippen molar-refractivity contribution in [1.82, 2.24) is 0 Å². The van der Waals surface area contributed by atoms with E-state index < -0.39 is 17.5 Å². The van der Waals surface area contributed by atoms with Crippen LogP contribution in [0.5, 0.6) is 0 Å². The highest BCUT2D eigenvalue weighted by atomic mass is 19.2. The number of rotatable bonds is 5. The van der Waals surface area contributed by atoms with Crippen LogP contribution >= 0.6 is 0 Å². The molecule has 1 saturated carbocycles. The number of benzene rings is 2. The third-order valence-electron chi connectivity index (χ3n) is 5.77. The number of allylic oxidation sites excluding steroid dienone is 1. The van der Waals surface area contributed by atoms with Crippen LogP contribution < -0.4 is 0 Å². The summed E-state index contributed by atoms with van der Waals surface area (Å²) in [4.78, 5) is 0. The van der Waals surface area contributed by atoms with Gasteiger partial charge in [0.05, 0.1) is 0 Å². The van der Waals surface area contributed by atoms with Crippen LogP contribution in [0.4, 0.5) is 13.2 Å². The maximum absolute atomic E-state index is 14.2. The van der Waals surface area contributed by atoms with E-state index >= 15 is 0 Å². The largest absolute Gasteiger partial charge is 0.204 e. The molecular weight excluding hydrogens is 345 g/mol. The third-order valence-corrected chi connectivity index (χ3v) is 5.77. The van der Waals surface area contributed by atoms with E-state index in [1.54, 1.807) is 13.0 Å². The van der Waals surface area contributed by atoms with Crippen molar-refractivity contribution in [2.24, 2.45) is 5.92 Å². The molecule has 0 radical (unpaired) electrons. The molecule has 0 aliphatic heterocycles. The number of halogens is 3. The van der Waals surface area contributed by atoms with Crippen molar-refractivity contribution in [3.05, 3.63) is 65.0 Å². The zero-order valence-electron chi connectivity index (χ0n) is 16.1. The first-order valence-corrected chi connectivity index (χ1v) is 9.95. The summed E-state index contributed by atoms with van der Waals surface area (Å²) < 4.78 is 41.6. The van der Waals surface area contributed by atoms with Crippen molar-refractivity contribution in [3.63, 3.8) is 0 Å². The highest BCUT2D eigenvalue weighted by molar-refractivity contribution is 5.76. The van der Waals surface area contributed by atoms with E-state index in [-0.39, 0.29) is 5.56 Å². The summed E-state index contributed by atoms with van der Waals surface area (Å²) in [7, 11) is 0. The lowest BCUT2D eigenvalue weighted by molar-refractivity contribution is 0.308. The molecule has 0 aromatic heterocycles. The van der Waals surface area contributed by atoms with Crippen molar-refractivity contribution >= 4 is 6.08 Å². The minimum atomic E-state index is -1.42. The second-order valence-electron chi connectivity index (χ2n) is 7.58. The summed E-state index contributed by atoms with van der Waals surface area (Å²) in [5.41, 5.74) is 2.44. The van der Waals surface area contributed by atoms with E-state index in [1.165, 1.54) is 50.2 Å². The van der Waals surface area contributed by atoms with Gasteiger partial charge in [-0.3, -0.25) is 0 Å². The molecule has 0 spiro atoms.